The number of carbonyl (C=O) groups is 1. The van der Waals surface area contributed by atoms with Crippen LogP contribution < -0.4 is 10.6 Å². The van der Waals surface area contributed by atoms with Crippen LogP contribution in [-0.4, -0.2) is 16.3 Å². The first-order valence-electron chi connectivity index (χ1n) is 9.83. The third kappa shape index (κ3) is 4.64. The molecule has 8 heteroatoms. The number of aryl methyl sites for hydroxylation is 2. The minimum Gasteiger partial charge on any atom is -0.457 e. The summed E-state index contributed by atoms with van der Waals surface area (Å²) in [5.41, 5.74) is 3.14. The topological polar surface area (TPSA) is 97.4 Å². The zero-order chi connectivity index (χ0) is 22.0. The Kier molecular flexibility index (Phi) is 5.81. The largest absolute Gasteiger partial charge is 0.457 e. The number of nitrogens with one attached hydrogen (secondary N) is 2. The number of thioether (sulfide) groups is 1. The lowest BCUT2D eigenvalue weighted by Gasteiger charge is -2.12. The Morgan fingerprint density at radius 1 is 1.19 bits per heavy atom. The molecule has 2 heterocycles. The summed E-state index contributed by atoms with van der Waals surface area (Å²) < 4.78 is 5.82. The summed E-state index contributed by atoms with van der Waals surface area (Å²) in [5, 5.41) is 17.4. The Morgan fingerprint density at radius 2 is 1.97 bits per heavy atom. The Bertz CT molecular complexity index is 1170. The summed E-state index contributed by atoms with van der Waals surface area (Å²) in [6, 6.07) is 16.5. The first-order chi connectivity index (χ1) is 14.9. The van der Waals surface area contributed by atoms with Crippen molar-refractivity contribution in [2.75, 3.05) is 5.32 Å². The molecule has 31 heavy (non-hydrogen) atoms. The van der Waals surface area contributed by atoms with Gasteiger partial charge in [0.2, 0.25) is 0 Å². The van der Waals surface area contributed by atoms with Crippen molar-refractivity contribution < 1.29 is 14.1 Å². The summed E-state index contributed by atoms with van der Waals surface area (Å²) in [6.45, 7) is 3.80. The summed E-state index contributed by atoms with van der Waals surface area (Å²) in [4.78, 5) is 23.7. The fraction of sp³-hybridized carbons (Fsp3) is 0.174. The zero-order valence-electron chi connectivity index (χ0n) is 17.0. The van der Waals surface area contributed by atoms with Crippen LogP contribution >= 0.6 is 11.8 Å². The average Bonchev–Trinajstić information content (AvgIpc) is 3.35. The van der Waals surface area contributed by atoms with E-state index < -0.39 is 4.92 Å². The molecule has 0 spiro atoms. The highest BCUT2D eigenvalue weighted by atomic mass is 32.2. The number of amides is 1. The molecule has 1 saturated heterocycles. The first-order valence-corrected chi connectivity index (χ1v) is 10.7. The van der Waals surface area contributed by atoms with E-state index >= 15 is 0 Å². The molecular formula is C23H21N3O4S. The number of rotatable bonds is 6. The zero-order valence-corrected chi connectivity index (χ0v) is 17.9. The third-order valence-electron chi connectivity index (χ3n) is 4.98. The van der Waals surface area contributed by atoms with Crippen molar-refractivity contribution in [3.8, 4) is 11.3 Å². The van der Waals surface area contributed by atoms with Crippen LogP contribution in [0.4, 0.5) is 11.4 Å². The van der Waals surface area contributed by atoms with Gasteiger partial charge in [-0.1, -0.05) is 43.0 Å². The molecule has 0 aliphatic carbocycles. The van der Waals surface area contributed by atoms with Gasteiger partial charge in [-0.3, -0.25) is 14.9 Å². The minimum atomic E-state index is -0.410. The molecular weight excluding hydrogens is 414 g/mol. The number of carbonyl (C=O) groups excluding carboxylic acids is 1. The van der Waals surface area contributed by atoms with Crippen LogP contribution in [0.5, 0.6) is 0 Å². The van der Waals surface area contributed by atoms with Crippen LogP contribution in [0.25, 0.3) is 17.4 Å². The van der Waals surface area contributed by atoms with Crippen LogP contribution in [0.1, 0.15) is 23.8 Å². The van der Waals surface area contributed by atoms with E-state index in [0.29, 0.717) is 27.6 Å². The molecule has 0 unspecified atom stereocenters. The molecule has 0 bridgehead atoms. The van der Waals surface area contributed by atoms with E-state index in [9.17, 15) is 14.9 Å². The Morgan fingerprint density at radius 3 is 2.68 bits per heavy atom. The van der Waals surface area contributed by atoms with Crippen LogP contribution in [0, 0.1) is 17.0 Å². The highest BCUT2D eigenvalue weighted by molar-refractivity contribution is 8.05. The van der Waals surface area contributed by atoms with E-state index in [0.717, 1.165) is 12.1 Å². The summed E-state index contributed by atoms with van der Waals surface area (Å²) >= 11 is 1.37. The van der Waals surface area contributed by atoms with Gasteiger partial charge < -0.3 is 15.1 Å². The van der Waals surface area contributed by atoms with Gasteiger partial charge in [-0.2, -0.15) is 0 Å². The summed E-state index contributed by atoms with van der Waals surface area (Å²) in [7, 11) is 0. The smallest absolute Gasteiger partial charge is 0.273 e. The number of hydrogen-bond acceptors (Lipinski definition) is 6. The van der Waals surface area contributed by atoms with Gasteiger partial charge in [0.1, 0.15) is 11.5 Å². The predicted octanol–water partition coefficient (Wildman–Crippen LogP) is 5.33. The quantitative estimate of drug-likeness (QED) is 0.309. The van der Waals surface area contributed by atoms with Crippen molar-refractivity contribution in [1.29, 1.82) is 0 Å². The molecule has 7 nitrogen and oxygen atoms in total. The third-order valence-corrected chi connectivity index (χ3v) is 6.01. The number of hydrogen-bond donors (Lipinski definition) is 2. The van der Waals surface area contributed by atoms with Crippen molar-refractivity contribution in [3.05, 3.63) is 86.5 Å². The SMILES string of the molecule is CCc1ccc(N[C@@H]2NC(=O)/C(=C/c3ccc(-c4ccc(C)c([N+](=O)[O-])c4)o3)S2)cc1. The van der Waals surface area contributed by atoms with Crippen LogP contribution in [0.2, 0.25) is 0 Å². The highest BCUT2D eigenvalue weighted by Crippen LogP contribution is 2.33. The number of furan rings is 1. The van der Waals surface area contributed by atoms with Crippen molar-refractivity contribution in [1.82, 2.24) is 5.32 Å². The molecule has 4 rings (SSSR count). The molecule has 1 aromatic heterocycles. The lowest BCUT2D eigenvalue weighted by molar-refractivity contribution is -0.385. The Hall–Kier alpha value is -3.52. The monoisotopic (exact) mass is 435 g/mol. The molecule has 0 saturated carbocycles. The van der Waals surface area contributed by atoms with Gasteiger partial charge >= 0.3 is 0 Å². The van der Waals surface area contributed by atoms with Gasteiger partial charge in [0.15, 0.2) is 5.50 Å². The number of nitro groups is 1. The van der Waals surface area contributed by atoms with Crippen molar-refractivity contribution in [2.24, 2.45) is 0 Å². The molecule has 1 aliphatic rings. The second kappa shape index (κ2) is 8.69. The van der Waals surface area contributed by atoms with E-state index in [1.165, 1.54) is 23.4 Å². The highest BCUT2D eigenvalue weighted by Gasteiger charge is 2.27. The van der Waals surface area contributed by atoms with Gasteiger partial charge in [-0.15, -0.1) is 0 Å². The summed E-state index contributed by atoms with van der Waals surface area (Å²) in [5.74, 6) is 0.824. The van der Waals surface area contributed by atoms with E-state index in [1.807, 2.05) is 12.1 Å². The molecule has 1 fully saturated rings. The normalized spacial score (nSPS) is 17.0. The second-order valence-corrected chi connectivity index (χ2v) is 8.28. The van der Waals surface area contributed by atoms with Crippen molar-refractivity contribution in [3.63, 3.8) is 0 Å². The Labute approximate surface area is 183 Å². The maximum atomic E-state index is 12.4. The lowest BCUT2D eigenvalue weighted by Crippen LogP contribution is -2.30. The number of nitrogens with zero attached hydrogens (tertiary/aromatic N) is 1. The predicted molar refractivity (Wildman–Crippen MR) is 122 cm³/mol. The fourth-order valence-corrected chi connectivity index (χ4v) is 4.19. The van der Waals surface area contributed by atoms with Gasteiger partial charge in [-0.25, -0.2) is 0 Å². The molecule has 2 N–H and O–H groups in total. The number of anilines is 1. The van der Waals surface area contributed by atoms with Crippen LogP contribution in [0.3, 0.4) is 0 Å². The van der Waals surface area contributed by atoms with Gasteiger partial charge in [-0.05, 0) is 43.2 Å². The maximum absolute atomic E-state index is 12.4. The number of nitro benzene ring substituents is 1. The Balaban J connectivity index is 1.48. The minimum absolute atomic E-state index is 0.0421. The summed E-state index contributed by atoms with van der Waals surface area (Å²) in [6.07, 6.45) is 2.65. The molecule has 1 amide bonds. The second-order valence-electron chi connectivity index (χ2n) is 7.14. The van der Waals surface area contributed by atoms with Crippen LogP contribution in [-0.2, 0) is 11.2 Å². The van der Waals surface area contributed by atoms with Gasteiger partial charge in [0.05, 0.1) is 9.83 Å². The molecule has 1 aliphatic heterocycles. The van der Waals surface area contributed by atoms with E-state index in [4.69, 9.17) is 4.42 Å². The van der Waals surface area contributed by atoms with Gasteiger partial charge in [0.25, 0.3) is 11.6 Å². The fourth-order valence-electron chi connectivity index (χ4n) is 3.23. The van der Waals surface area contributed by atoms with Crippen molar-refractivity contribution in [2.45, 2.75) is 25.8 Å². The first kappa shape index (κ1) is 20.7. The van der Waals surface area contributed by atoms with E-state index in [-0.39, 0.29) is 17.1 Å². The van der Waals surface area contributed by atoms with Crippen molar-refractivity contribution >= 4 is 35.1 Å². The molecule has 0 radical (unpaired) electrons. The van der Waals surface area contributed by atoms with Crippen LogP contribution in [0.15, 0.2) is 63.9 Å². The number of benzene rings is 2. The maximum Gasteiger partial charge on any atom is 0.273 e. The molecule has 2 aromatic carbocycles. The molecule has 1 atom stereocenters. The lowest BCUT2D eigenvalue weighted by atomic mass is 10.1. The molecule has 158 valence electrons. The van der Waals surface area contributed by atoms with Gasteiger partial charge in [0, 0.05) is 29.0 Å². The van der Waals surface area contributed by atoms with E-state index in [2.05, 4.69) is 29.7 Å². The molecule has 3 aromatic rings. The average molecular weight is 436 g/mol. The van der Waals surface area contributed by atoms with E-state index in [1.54, 1.807) is 37.3 Å². The standard InChI is InChI=1S/C23H21N3O4S/c1-3-15-5-8-17(9-6-15)24-23-25-22(27)21(31-23)13-18-10-11-20(30-18)16-7-4-14(2)19(12-16)26(28)29/h4-13,23-24H,3H2,1-2H3,(H,25,27)/b21-13-/t23-/m1/s1.